The summed E-state index contributed by atoms with van der Waals surface area (Å²) >= 11 is 0. The van der Waals surface area contributed by atoms with Crippen LogP contribution in [0.3, 0.4) is 0 Å². The molecule has 0 N–H and O–H groups in total. The zero-order valence-corrected chi connectivity index (χ0v) is 32.2. The first kappa shape index (κ1) is 33.8. The zero-order valence-electron chi connectivity index (χ0n) is 32.2. The summed E-state index contributed by atoms with van der Waals surface area (Å²) in [5.74, 6) is 4.56. The Morgan fingerprint density at radius 3 is 1.86 bits per heavy atom. The van der Waals surface area contributed by atoms with E-state index in [1.54, 1.807) is 0 Å². The molecule has 2 aromatic carbocycles. The summed E-state index contributed by atoms with van der Waals surface area (Å²) in [5.41, 5.74) is 11.8. The molecule has 0 bridgehead atoms. The summed E-state index contributed by atoms with van der Waals surface area (Å²) in [4.78, 5) is 37.0. The average Bonchev–Trinajstić information content (AvgIpc) is 3.51. The molecular formula is C42H40N14. The fourth-order valence-corrected chi connectivity index (χ4v) is 7.92. The van der Waals surface area contributed by atoms with E-state index in [2.05, 4.69) is 89.6 Å². The Morgan fingerprint density at radius 1 is 0.607 bits per heavy atom. The molecule has 2 atom stereocenters. The Kier molecular flexibility index (Phi) is 7.83. The van der Waals surface area contributed by atoms with Gasteiger partial charge in [0.15, 0.2) is 22.9 Å². The lowest BCUT2D eigenvalue weighted by Crippen LogP contribution is -2.00. The molecule has 0 spiro atoms. The molecule has 0 unspecified atom stereocenters. The fourth-order valence-electron chi connectivity index (χ4n) is 7.92. The van der Waals surface area contributed by atoms with Gasteiger partial charge in [-0.2, -0.15) is 10.2 Å². The van der Waals surface area contributed by atoms with E-state index in [0.717, 1.165) is 127 Å². The highest BCUT2D eigenvalue weighted by molar-refractivity contribution is 6.03. The highest BCUT2D eigenvalue weighted by Crippen LogP contribution is 2.53. The van der Waals surface area contributed by atoms with Crippen molar-refractivity contribution in [3.63, 3.8) is 0 Å². The van der Waals surface area contributed by atoms with E-state index in [9.17, 15) is 0 Å². The van der Waals surface area contributed by atoms with Crippen molar-refractivity contribution in [3.8, 4) is 0 Å². The first-order valence-corrected chi connectivity index (χ1v) is 19.0. The van der Waals surface area contributed by atoms with Gasteiger partial charge in [0, 0.05) is 74.3 Å². The van der Waals surface area contributed by atoms with Crippen molar-refractivity contribution in [2.24, 2.45) is 14.1 Å². The van der Waals surface area contributed by atoms with Gasteiger partial charge in [-0.1, -0.05) is 0 Å². The maximum Gasteiger partial charge on any atom is 0.177 e. The van der Waals surface area contributed by atoms with Crippen molar-refractivity contribution in [1.29, 1.82) is 0 Å². The summed E-state index contributed by atoms with van der Waals surface area (Å²) in [6.07, 6.45) is 11.0. The van der Waals surface area contributed by atoms with Crippen molar-refractivity contribution in [3.05, 3.63) is 119 Å². The summed E-state index contributed by atoms with van der Waals surface area (Å²) in [6, 6.07) is 16.4. The molecule has 278 valence electrons. The normalized spacial score (nSPS) is 15.5. The lowest BCUT2D eigenvalue weighted by atomic mass is 10.2. The molecule has 1 aliphatic rings. The van der Waals surface area contributed by atoms with Crippen molar-refractivity contribution >= 4 is 55.2 Å². The number of aryl methyl sites for hydroxylation is 8. The van der Waals surface area contributed by atoms with Crippen molar-refractivity contribution in [1.82, 2.24) is 68.2 Å². The molecule has 1 fully saturated rings. The Labute approximate surface area is 321 Å². The molecule has 56 heavy (non-hydrogen) atoms. The SMILES string of the molecule is Cc1ncc(C)n2nc(CCCc3nc4c5cccnc5ccc4n3C)nc12.Cc1ncc(C)n2nc([C@@H]3C[C@H]3c3nc4c5cccnc5ccc4n3C)nc12. The average molecular weight is 741 g/mol. The van der Waals surface area contributed by atoms with E-state index in [-0.39, 0.29) is 0 Å². The number of rotatable bonds is 6. The molecule has 14 nitrogen and oxygen atoms in total. The number of fused-ring (bicyclic) bond motifs is 8. The fraction of sp³-hybridized carbons (Fsp3) is 0.286. The van der Waals surface area contributed by atoms with Gasteiger partial charge < -0.3 is 9.13 Å². The van der Waals surface area contributed by atoms with E-state index in [1.807, 2.05) is 73.6 Å². The van der Waals surface area contributed by atoms with E-state index >= 15 is 0 Å². The van der Waals surface area contributed by atoms with Gasteiger partial charge in [0.2, 0.25) is 0 Å². The van der Waals surface area contributed by atoms with Crippen LogP contribution in [0.5, 0.6) is 0 Å². The molecular weight excluding hydrogens is 701 g/mol. The summed E-state index contributed by atoms with van der Waals surface area (Å²) in [5, 5.41) is 11.6. The smallest absolute Gasteiger partial charge is 0.177 e. The Hall–Kier alpha value is -6.70. The van der Waals surface area contributed by atoms with Crippen molar-refractivity contribution < 1.29 is 0 Å². The van der Waals surface area contributed by atoms with Crippen molar-refractivity contribution in [2.75, 3.05) is 0 Å². The molecule has 11 rings (SSSR count). The molecule has 0 radical (unpaired) electrons. The third-order valence-electron chi connectivity index (χ3n) is 11.1. The molecule has 0 amide bonds. The monoisotopic (exact) mass is 740 g/mol. The molecule has 0 saturated heterocycles. The largest absolute Gasteiger partial charge is 0.331 e. The Balaban J connectivity index is 0.000000137. The topological polar surface area (TPSA) is 148 Å². The van der Waals surface area contributed by atoms with Crippen LogP contribution >= 0.6 is 0 Å². The molecule has 1 saturated carbocycles. The van der Waals surface area contributed by atoms with Crippen LogP contribution in [0, 0.1) is 27.7 Å². The van der Waals surface area contributed by atoms with E-state index in [0.29, 0.717) is 11.8 Å². The number of hydrogen-bond donors (Lipinski definition) is 0. The first-order chi connectivity index (χ1) is 27.2. The number of benzene rings is 2. The first-order valence-electron chi connectivity index (χ1n) is 19.0. The predicted molar refractivity (Wildman–Crippen MR) is 215 cm³/mol. The van der Waals surface area contributed by atoms with Crippen LogP contribution in [0.4, 0.5) is 0 Å². The third-order valence-corrected chi connectivity index (χ3v) is 11.1. The van der Waals surface area contributed by atoms with Crippen LogP contribution in [0.15, 0.2) is 73.3 Å². The van der Waals surface area contributed by atoms with Gasteiger partial charge in [-0.25, -0.2) is 29.0 Å². The number of nitrogens with zero attached hydrogens (tertiary/aromatic N) is 14. The van der Waals surface area contributed by atoms with Gasteiger partial charge in [0.1, 0.15) is 11.6 Å². The van der Waals surface area contributed by atoms with Crippen molar-refractivity contribution in [2.45, 2.75) is 65.2 Å². The molecule has 1 aliphatic carbocycles. The van der Waals surface area contributed by atoms with Crippen LogP contribution in [-0.2, 0) is 26.9 Å². The van der Waals surface area contributed by atoms with Crippen LogP contribution < -0.4 is 0 Å². The second kappa shape index (κ2) is 13.0. The third kappa shape index (κ3) is 5.54. The molecule has 14 heteroatoms. The number of pyridine rings is 2. The van der Waals surface area contributed by atoms with Crippen LogP contribution in [0.2, 0.25) is 0 Å². The van der Waals surface area contributed by atoms with Crippen LogP contribution in [0.25, 0.3) is 55.2 Å². The predicted octanol–water partition coefficient (Wildman–Crippen LogP) is 6.80. The van der Waals surface area contributed by atoms with E-state index < -0.39 is 0 Å². The quantitative estimate of drug-likeness (QED) is 0.178. The standard InChI is InChI=1S/C21H19N7.C21H21N7/c1-11-10-23-12(2)20-25-19(26-28(11)20)14-9-15(14)21-24-18-13-5-4-8-22-16(13)6-7-17(18)27(21)3;1-13-12-23-14(2)21-24-18(26-28(13)21)7-4-8-19-25-20-15-6-5-11-22-16(15)9-10-17(20)27(19)3/h4-8,10,14-15H,9H2,1-3H3;5-6,9-12H,4,7-8H2,1-3H3/t14-,15-;/m1./s1. The second-order valence-corrected chi connectivity index (χ2v) is 14.9. The number of hydrogen-bond acceptors (Lipinski definition) is 10. The minimum absolute atomic E-state index is 0.304. The molecule has 8 heterocycles. The number of imidazole rings is 2. The Morgan fingerprint density at radius 2 is 1.21 bits per heavy atom. The summed E-state index contributed by atoms with van der Waals surface area (Å²) in [6.45, 7) is 7.94. The van der Waals surface area contributed by atoms with Gasteiger partial charge in [-0.05, 0) is 89.1 Å². The second-order valence-electron chi connectivity index (χ2n) is 14.9. The lowest BCUT2D eigenvalue weighted by Gasteiger charge is -2.01. The zero-order chi connectivity index (χ0) is 38.2. The number of aromatic nitrogens is 14. The molecule has 10 aromatic rings. The minimum Gasteiger partial charge on any atom is -0.331 e. The lowest BCUT2D eigenvalue weighted by molar-refractivity contribution is 0.708. The van der Waals surface area contributed by atoms with Gasteiger partial charge in [0.25, 0.3) is 0 Å². The highest BCUT2D eigenvalue weighted by atomic mass is 15.3. The maximum absolute atomic E-state index is 5.02. The minimum atomic E-state index is 0.304. The van der Waals surface area contributed by atoms with E-state index in [1.165, 1.54) is 0 Å². The molecule has 8 aromatic heterocycles. The highest BCUT2D eigenvalue weighted by Gasteiger charge is 2.45. The molecule has 0 aliphatic heterocycles. The van der Waals surface area contributed by atoms with E-state index in [4.69, 9.17) is 20.1 Å². The van der Waals surface area contributed by atoms with Gasteiger partial charge in [-0.15, -0.1) is 0 Å². The van der Waals surface area contributed by atoms with Gasteiger partial charge in [0.05, 0.1) is 55.9 Å². The summed E-state index contributed by atoms with van der Waals surface area (Å²) < 4.78 is 8.17. The van der Waals surface area contributed by atoms with Gasteiger partial charge >= 0.3 is 0 Å². The summed E-state index contributed by atoms with van der Waals surface area (Å²) in [7, 11) is 4.17. The van der Waals surface area contributed by atoms with Gasteiger partial charge in [-0.3, -0.25) is 19.9 Å². The maximum atomic E-state index is 5.02. The Bertz CT molecular complexity index is 3070. The van der Waals surface area contributed by atoms with Crippen LogP contribution in [-0.4, -0.2) is 68.2 Å². The van der Waals surface area contributed by atoms with Crippen LogP contribution in [0.1, 0.15) is 70.8 Å².